The van der Waals surface area contributed by atoms with Gasteiger partial charge in [0, 0.05) is 11.8 Å². The Bertz CT molecular complexity index is 797. The molecule has 2 aliphatic carbocycles. The molecule has 1 heterocycles. The lowest BCUT2D eigenvalue weighted by atomic mass is 9.71. The van der Waals surface area contributed by atoms with Gasteiger partial charge >= 0.3 is 0 Å². The average Bonchev–Trinajstić information content (AvgIpc) is 2.85. The van der Waals surface area contributed by atoms with E-state index in [0.29, 0.717) is 0 Å². The van der Waals surface area contributed by atoms with E-state index in [4.69, 9.17) is 4.98 Å². The van der Waals surface area contributed by atoms with Crippen LogP contribution in [-0.4, -0.2) is 4.98 Å². The molecule has 0 saturated heterocycles. The van der Waals surface area contributed by atoms with Gasteiger partial charge in [-0.15, -0.1) is 0 Å². The molecule has 0 radical (unpaired) electrons. The predicted octanol–water partition coefficient (Wildman–Crippen LogP) is 9.53. The van der Waals surface area contributed by atoms with Crippen molar-refractivity contribution in [3.8, 4) is 11.3 Å². The number of pyridine rings is 1. The summed E-state index contributed by atoms with van der Waals surface area (Å²) in [6.07, 6.45) is 18.7. The summed E-state index contributed by atoms with van der Waals surface area (Å²) in [4.78, 5) is 4.88. The van der Waals surface area contributed by atoms with Crippen LogP contribution in [0.25, 0.3) is 11.3 Å². The van der Waals surface area contributed by atoms with Crippen molar-refractivity contribution < 1.29 is 0 Å². The Hall–Kier alpha value is -1.63. The minimum Gasteiger partial charge on any atom is -0.256 e. The van der Waals surface area contributed by atoms with Gasteiger partial charge in [0.25, 0.3) is 0 Å². The molecule has 0 spiro atoms. The van der Waals surface area contributed by atoms with Gasteiger partial charge in [0.1, 0.15) is 0 Å². The molecule has 2 aromatic rings. The molecule has 2 saturated carbocycles. The molecule has 2 fully saturated rings. The average molecular weight is 432 g/mol. The first kappa shape index (κ1) is 23.5. The third-order valence-corrected chi connectivity index (χ3v) is 8.75. The number of benzene rings is 1. The number of hydrogen-bond acceptors (Lipinski definition) is 1. The maximum atomic E-state index is 4.88. The molecule has 0 N–H and O–H groups in total. The number of aromatic nitrogens is 1. The van der Waals surface area contributed by atoms with Crippen LogP contribution in [0.4, 0.5) is 0 Å². The van der Waals surface area contributed by atoms with Crippen LogP contribution in [0, 0.1) is 17.8 Å². The van der Waals surface area contributed by atoms with Crippen LogP contribution in [0.5, 0.6) is 0 Å². The molecule has 1 nitrogen and oxygen atoms in total. The second-order valence-corrected chi connectivity index (χ2v) is 11.0. The van der Waals surface area contributed by atoms with Crippen LogP contribution in [0.3, 0.4) is 0 Å². The number of unbranched alkanes of at least 4 members (excludes halogenated alkanes) is 1. The smallest absolute Gasteiger partial charge is 0.0702 e. The first-order valence-corrected chi connectivity index (χ1v) is 13.7. The highest BCUT2D eigenvalue weighted by molar-refractivity contribution is 5.59. The molecule has 1 aromatic heterocycles. The van der Waals surface area contributed by atoms with Crippen molar-refractivity contribution in [1.82, 2.24) is 4.98 Å². The normalized spacial score (nSPS) is 28.5. The van der Waals surface area contributed by atoms with Crippen molar-refractivity contribution in [2.75, 3.05) is 0 Å². The predicted molar refractivity (Wildman–Crippen MR) is 138 cm³/mol. The van der Waals surface area contributed by atoms with E-state index in [0.717, 1.165) is 35.3 Å². The molecule has 0 amide bonds. The molecule has 2 aliphatic rings. The Morgan fingerprint density at radius 1 is 0.750 bits per heavy atom. The van der Waals surface area contributed by atoms with Crippen LogP contribution < -0.4 is 0 Å². The summed E-state index contributed by atoms with van der Waals surface area (Å²) in [5.74, 6) is 4.26. The minimum atomic E-state index is 0.724. The van der Waals surface area contributed by atoms with Gasteiger partial charge in [-0.05, 0) is 91.7 Å². The Morgan fingerprint density at radius 3 is 2.09 bits per heavy atom. The fourth-order valence-corrected chi connectivity index (χ4v) is 6.58. The Kier molecular flexibility index (Phi) is 8.44. The molecule has 1 heteroatoms. The first-order chi connectivity index (χ1) is 15.7. The Labute approximate surface area is 197 Å². The summed E-state index contributed by atoms with van der Waals surface area (Å²) < 4.78 is 0. The lowest BCUT2D eigenvalue weighted by molar-refractivity contribution is 0.218. The van der Waals surface area contributed by atoms with E-state index >= 15 is 0 Å². The Balaban J connectivity index is 1.33. The van der Waals surface area contributed by atoms with Crippen LogP contribution >= 0.6 is 0 Å². The molecule has 0 bridgehead atoms. The standard InChI is InChI=1S/C31H45N/c1-4-6-8-24-9-11-27(12-10-24)30-19-20-31(32-22-30)28-16-14-26(15-17-28)29-18-13-25(7-5-2)23(3)21-29/h14-17,19-20,22-25,27,29H,4-13,18,21H2,1-3H3/t23-,24?,25+,27?,29-/m1/s1. The van der Waals surface area contributed by atoms with Gasteiger partial charge < -0.3 is 0 Å². The van der Waals surface area contributed by atoms with E-state index in [1.807, 2.05) is 0 Å². The molecule has 0 aliphatic heterocycles. The second kappa shape index (κ2) is 11.5. The largest absolute Gasteiger partial charge is 0.256 e. The highest BCUT2D eigenvalue weighted by atomic mass is 14.7. The molecule has 32 heavy (non-hydrogen) atoms. The maximum Gasteiger partial charge on any atom is 0.0702 e. The number of hydrogen-bond donors (Lipinski definition) is 0. The van der Waals surface area contributed by atoms with Crippen molar-refractivity contribution >= 4 is 0 Å². The van der Waals surface area contributed by atoms with Gasteiger partial charge in [0.2, 0.25) is 0 Å². The summed E-state index contributed by atoms with van der Waals surface area (Å²) in [6.45, 7) is 7.12. The van der Waals surface area contributed by atoms with E-state index in [9.17, 15) is 0 Å². The molecule has 1 aromatic carbocycles. The summed E-state index contributed by atoms with van der Waals surface area (Å²) in [5, 5.41) is 0. The summed E-state index contributed by atoms with van der Waals surface area (Å²) in [7, 11) is 0. The fraction of sp³-hybridized carbons (Fsp3) is 0.645. The molecular formula is C31H45N. The second-order valence-electron chi connectivity index (χ2n) is 11.0. The van der Waals surface area contributed by atoms with Gasteiger partial charge in [0.15, 0.2) is 0 Å². The monoisotopic (exact) mass is 431 g/mol. The van der Waals surface area contributed by atoms with E-state index in [2.05, 4.69) is 63.4 Å². The van der Waals surface area contributed by atoms with Crippen molar-refractivity contribution in [3.05, 3.63) is 53.7 Å². The number of nitrogens with zero attached hydrogens (tertiary/aromatic N) is 1. The van der Waals surface area contributed by atoms with E-state index in [1.54, 1.807) is 0 Å². The minimum absolute atomic E-state index is 0.724. The fourth-order valence-electron chi connectivity index (χ4n) is 6.58. The van der Waals surface area contributed by atoms with Crippen molar-refractivity contribution in [1.29, 1.82) is 0 Å². The van der Waals surface area contributed by atoms with Crippen LogP contribution in [0.2, 0.25) is 0 Å². The molecule has 174 valence electrons. The highest BCUT2D eigenvalue weighted by Gasteiger charge is 2.27. The quantitative estimate of drug-likeness (QED) is 0.405. The topological polar surface area (TPSA) is 12.9 Å². The van der Waals surface area contributed by atoms with Crippen molar-refractivity contribution in [2.45, 2.75) is 110 Å². The zero-order valence-electron chi connectivity index (χ0n) is 20.9. The molecular weight excluding hydrogens is 386 g/mol. The van der Waals surface area contributed by atoms with Crippen LogP contribution in [0.1, 0.15) is 121 Å². The van der Waals surface area contributed by atoms with Crippen LogP contribution in [0.15, 0.2) is 42.6 Å². The molecule has 4 rings (SSSR count). The SMILES string of the molecule is CCCCC1CCC(c2ccc(-c3ccc([C@@H]4CC[C@H](CCC)[C@H](C)C4)cc3)nc2)CC1. The molecule has 3 atom stereocenters. The van der Waals surface area contributed by atoms with Gasteiger partial charge in [-0.25, -0.2) is 0 Å². The van der Waals surface area contributed by atoms with Gasteiger partial charge in [0.05, 0.1) is 5.69 Å². The zero-order chi connectivity index (χ0) is 22.3. The summed E-state index contributed by atoms with van der Waals surface area (Å²) >= 11 is 0. The van der Waals surface area contributed by atoms with Crippen molar-refractivity contribution in [3.63, 3.8) is 0 Å². The maximum absolute atomic E-state index is 4.88. The van der Waals surface area contributed by atoms with E-state index < -0.39 is 0 Å². The lowest BCUT2D eigenvalue weighted by Gasteiger charge is -2.34. The highest BCUT2D eigenvalue weighted by Crippen LogP contribution is 2.42. The number of rotatable bonds is 8. The first-order valence-electron chi connectivity index (χ1n) is 13.7. The van der Waals surface area contributed by atoms with Gasteiger partial charge in [-0.3, -0.25) is 4.98 Å². The lowest BCUT2D eigenvalue weighted by Crippen LogP contribution is -2.21. The van der Waals surface area contributed by atoms with E-state index in [1.165, 1.54) is 93.7 Å². The van der Waals surface area contributed by atoms with Gasteiger partial charge in [-0.1, -0.05) is 83.2 Å². The van der Waals surface area contributed by atoms with Crippen LogP contribution in [-0.2, 0) is 0 Å². The summed E-state index contributed by atoms with van der Waals surface area (Å²) in [6, 6.07) is 14.0. The van der Waals surface area contributed by atoms with Crippen molar-refractivity contribution in [2.24, 2.45) is 17.8 Å². The third kappa shape index (κ3) is 5.83. The van der Waals surface area contributed by atoms with Gasteiger partial charge in [-0.2, -0.15) is 0 Å². The summed E-state index contributed by atoms with van der Waals surface area (Å²) in [5.41, 5.74) is 5.37. The zero-order valence-corrected chi connectivity index (χ0v) is 20.9. The molecule has 0 unspecified atom stereocenters. The third-order valence-electron chi connectivity index (χ3n) is 8.75. The van der Waals surface area contributed by atoms with E-state index in [-0.39, 0.29) is 0 Å². The Morgan fingerprint density at radius 2 is 1.47 bits per heavy atom.